The van der Waals surface area contributed by atoms with Crippen molar-refractivity contribution < 1.29 is 0 Å². The van der Waals surface area contributed by atoms with Crippen LogP contribution in [0.25, 0.3) is 22.3 Å². The minimum Gasteiger partial charge on any atom is -0.335 e. The Bertz CT molecular complexity index is 1100. The van der Waals surface area contributed by atoms with E-state index in [1.807, 2.05) is 36.4 Å². The molecule has 0 unspecified atom stereocenters. The molecule has 2 N–H and O–H groups in total. The van der Waals surface area contributed by atoms with E-state index in [1.165, 1.54) is 16.4 Å². The van der Waals surface area contributed by atoms with Gasteiger partial charge in [0.25, 0.3) is 0 Å². The highest BCUT2D eigenvalue weighted by molar-refractivity contribution is 7.98. The van der Waals surface area contributed by atoms with Gasteiger partial charge in [-0.15, -0.1) is 10.2 Å². The van der Waals surface area contributed by atoms with Gasteiger partial charge in [0.2, 0.25) is 5.16 Å². The largest absolute Gasteiger partial charge is 0.335 e. The van der Waals surface area contributed by atoms with Crippen molar-refractivity contribution in [2.75, 3.05) is 5.84 Å². The number of fused-ring (bicyclic) bond motifs is 1. The van der Waals surface area contributed by atoms with Crippen LogP contribution in [0.4, 0.5) is 0 Å². The fourth-order valence-electron chi connectivity index (χ4n) is 2.66. The number of nitrogens with two attached hydrogens (primary N) is 1. The Hall–Kier alpha value is -2.28. The van der Waals surface area contributed by atoms with Gasteiger partial charge in [0.05, 0.1) is 5.52 Å². The summed E-state index contributed by atoms with van der Waals surface area (Å²) >= 11 is 13.8. The van der Waals surface area contributed by atoms with E-state index in [0.29, 0.717) is 26.8 Å². The zero-order valence-corrected chi connectivity index (χ0v) is 15.8. The zero-order valence-electron chi connectivity index (χ0n) is 13.4. The van der Waals surface area contributed by atoms with Crippen LogP contribution in [0.15, 0.2) is 59.9 Å². The maximum absolute atomic E-state index is 6.25. The van der Waals surface area contributed by atoms with Crippen LogP contribution >= 0.6 is 35.0 Å². The van der Waals surface area contributed by atoms with Gasteiger partial charge in [-0.05, 0) is 35.9 Å². The van der Waals surface area contributed by atoms with E-state index in [0.717, 1.165) is 22.0 Å². The molecule has 0 aliphatic heterocycles. The number of thioether (sulfide) groups is 1. The van der Waals surface area contributed by atoms with Crippen LogP contribution in [0.5, 0.6) is 0 Å². The van der Waals surface area contributed by atoms with Crippen LogP contribution in [0.1, 0.15) is 5.56 Å². The molecule has 8 heteroatoms. The van der Waals surface area contributed by atoms with Crippen molar-refractivity contribution in [2.45, 2.75) is 10.9 Å². The van der Waals surface area contributed by atoms with E-state index in [9.17, 15) is 0 Å². The number of nitrogen functional groups attached to an aromatic ring is 1. The second-order valence-corrected chi connectivity index (χ2v) is 7.37. The number of nitrogens with zero attached hydrogens (tertiary/aromatic N) is 4. The minimum atomic E-state index is 0.564. The van der Waals surface area contributed by atoms with Crippen LogP contribution < -0.4 is 5.84 Å². The fraction of sp³-hybridized carbons (Fsp3) is 0.0556. The summed E-state index contributed by atoms with van der Waals surface area (Å²) in [4.78, 5) is 4.45. The Labute approximate surface area is 164 Å². The summed E-state index contributed by atoms with van der Waals surface area (Å²) in [5.41, 5.74) is 2.76. The Morgan fingerprint density at radius 3 is 2.77 bits per heavy atom. The van der Waals surface area contributed by atoms with E-state index in [4.69, 9.17) is 29.0 Å². The number of aromatic nitrogens is 4. The second-order valence-electron chi connectivity index (χ2n) is 5.58. The van der Waals surface area contributed by atoms with Gasteiger partial charge in [-0.1, -0.05) is 53.2 Å². The molecule has 0 saturated heterocycles. The molecular weight excluding hydrogens is 389 g/mol. The molecule has 4 aromatic rings. The topological polar surface area (TPSA) is 69.6 Å². The average molecular weight is 402 g/mol. The van der Waals surface area contributed by atoms with Gasteiger partial charge in [0.15, 0.2) is 5.82 Å². The average Bonchev–Trinajstić information content (AvgIpc) is 3.02. The maximum Gasteiger partial charge on any atom is 0.210 e. The fourth-order valence-corrected chi connectivity index (χ4v) is 3.90. The minimum absolute atomic E-state index is 0.564. The first-order chi connectivity index (χ1) is 12.6. The smallest absolute Gasteiger partial charge is 0.210 e. The molecule has 2 aromatic carbocycles. The summed E-state index contributed by atoms with van der Waals surface area (Å²) in [5, 5.41) is 11.2. The third-order valence-corrected chi connectivity index (χ3v) is 5.46. The van der Waals surface area contributed by atoms with Gasteiger partial charge >= 0.3 is 0 Å². The zero-order chi connectivity index (χ0) is 18.1. The van der Waals surface area contributed by atoms with E-state index >= 15 is 0 Å². The Morgan fingerprint density at radius 2 is 1.92 bits per heavy atom. The lowest BCUT2D eigenvalue weighted by Crippen LogP contribution is -2.11. The molecule has 0 aliphatic rings. The van der Waals surface area contributed by atoms with Gasteiger partial charge in [-0.3, -0.25) is 4.98 Å². The van der Waals surface area contributed by atoms with Crippen molar-refractivity contribution in [1.82, 2.24) is 19.9 Å². The predicted octanol–water partition coefficient (Wildman–Crippen LogP) is 4.81. The van der Waals surface area contributed by atoms with Gasteiger partial charge in [0.1, 0.15) is 0 Å². The molecule has 0 amide bonds. The molecule has 0 bridgehead atoms. The van der Waals surface area contributed by atoms with E-state index in [2.05, 4.69) is 15.2 Å². The van der Waals surface area contributed by atoms with E-state index in [-0.39, 0.29) is 0 Å². The molecule has 5 nitrogen and oxygen atoms in total. The predicted molar refractivity (Wildman–Crippen MR) is 107 cm³/mol. The monoisotopic (exact) mass is 401 g/mol. The number of hydrogen-bond acceptors (Lipinski definition) is 5. The maximum atomic E-state index is 6.25. The Kier molecular flexibility index (Phi) is 4.72. The van der Waals surface area contributed by atoms with Gasteiger partial charge in [-0.2, -0.15) is 0 Å². The first kappa shape index (κ1) is 17.1. The Balaban J connectivity index is 1.61. The normalized spacial score (nSPS) is 11.2. The summed E-state index contributed by atoms with van der Waals surface area (Å²) in [6, 6.07) is 15.0. The molecule has 0 aliphatic carbocycles. The molecule has 0 saturated carbocycles. The van der Waals surface area contributed by atoms with Gasteiger partial charge in [-0.25, -0.2) is 4.68 Å². The van der Waals surface area contributed by atoms with Crippen LogP contribution in [0.2, 0.25) is 10.0 Å². The standard InChI is InChI=1S/C18H13Cl2N5S/c19-13-4-1-3-11(9-13)17-23-24-18(25(17)21)26-10-12-6-7-15(20)14-5-2-8-22-16(12)14/h1-9H,10,21H2. The molecule has 130 valence electrons. The third-order valence-electron chi connectivity index (χ3n) is 3.90. The Morgan fingerprint density at radius 1 is 1.04 bits per heavy atom. The molecule has 4 rings (SSSR count). The highest BCUT2D eigenvalue weighted by Gasteiger charge is 2.14. The van der Waals surface area contributed by atoms with E-state index < -0.39 is 0 Å². The molecule has 0 atom stereocenters. The van der Waals surface area contributed by atoms with Crippen molar-refractivity contribution in [3.05, 3.63) is 70.3 Å². The van der Waals surface area contributed by atoms with Crippen LogP contribution in [-0.2, 0) is 5.75 Å². The number of pyridine rings is 1. The highest BCUT2D eigenvalue weighted by atomic mass is 35.5. The number of benzene rings is 2. The highest BCUT2D eigenvalue weighted by Crippen LogP contribution is 2.30. The number of hydrogen-bond donors (Lipinski definition) is 1. The molecule has 0 spiro atoms. The van der Waals surface area contributed by atoms with Gasteiger partial charge < -0.3 is 5.84 Å². The van der Waals surface area contributed by atoms with Crippen molar-refractivity contribution in [1.29, 1.82) is 0 Å². The molecule has 0 fully saturated rings. The molecule has 26 heavy (non-hydrogen) atoms. The summed E-state index contributed by atoms with van der Waals surface area (Å²) in [7, 11) is 0. The quantitative estimate of drug-likeness (QED) is 0.392. The van der Waals surface area contributed by atoms with Gasteiger partial charge in [0, 0.05) is 32.9 Å². The van der Waals surface area contributed by atoms with E-state index in [1.54, 1.807) is 18.3 Å². The molecular formula is C18H13Cl2N5S. The first-order valence-electron chi connectivity index (χ1n) is 7.75. The molecule has 2 heterocycles. The third kappa shape index (κ3) is 3.23. The summed E-state index contributed by atoms with van der Waals surface area (Å²) in [5.74, 6) is 7.39. The van der Waals surface area contributed by atoms with Crippen molar-refractivity contribution >= 4 is 45.9 Å². The number of halogens is 2. The SMILES string of the molecule is Nn1c(SCc2ccc(Cl)c3cccnc23)nnc1-c1cccc(Cl)c1. The second kappa shape index (κ2) is 7.15. The van der Waals surface area contributed by atoms with Crippen molar-refractivity contribution in [2.24, 2.45) is 0 Å². The first-order valence-corrected chi connectivity index (χ1v) is 9.49. The van der Waals surface area contributed by atoms with Crippen LogP contribution in [0.3, 0.4) is 0 Å². The number of rotatable bonds is 4. The van der Waals surface area contributed by atoms with Crippen molar-refractivity contribution in [3.63, 3.8) is 0 Å². The lowest BCUT2D eigenvalue weighted by atomic mass is 10.1. The summed E-state index contributed by atoms with van der Waals surface area (Å²) in [6.07, 6.45) is 1.76. The van der Waals surface area contributed by atoms with Crippen LogP contribution in [0, 0.1) is 0 Å². The van der Waals surface area contributed by atoms with Crippen molar-refractivity contribution in [3.8, 4) is 11.4 Å². The summed E-state index contributed by atoms with van der Waals surface area (Å²) in [6.45, 7) is 0. The summed E-state index contributed by atoms with van der Waals surface area (Å²) < 4.78 is 1.47. The van der Waals surface area contributed by atoms with Crippen LogP contribution in [-0.4, -0.2) is 19.9 Å². The molecule has 0 radical (unpaired) electrons. The lowest BCUT2D eigenvalue weighted by Gasteiger charge is -2.07. The lowest BCUT2D eigenvalue weighted by molar-refractivity contribution is 0.849. The molecule has 2 aromatic heterocycles.